The number of hydrogen-bond acceptors (Lipinski definition) is 3. The Balaban J connectivity index is 0.00000208. The molecule has 3 N–H and O–H groups in total. The summed E-state index contributed by atoms with van der Waals surface area (Å²) in [6.45, 7) is 5.60. The second kappa shape index (κ2) is 8.14. The predicted molar refractivity (Wildman–Crippen MR) is 101 cm³/mol. The molecule has 1 aromatic heterocycles. The number of aromatic nitrogens is 2. The number of halogens is 2. The smallest absolute Gasteiger partial charge is 0.273 e. The van der Waals surface area contributed by atoms with Crippen LogP contribution in [0.25, 0.3) is 0 Å². The number of fused-ring (bicyclic) bond motifs is 1. The van der Waals surface area contributed by atoms with Crippen molar-refractivity contribution in [1.29, 1.82) is 0 Å². The summed E-state index contributed by atoms with van der Waals surface area (Å²) < 4.78 is 0.752. The molecule has 0 radical (unpaired) electrons. The molecule has 1 amide bonds. The number of H-pyrrole nitrogens is 1. The summed E-state index contributed by atoms with van der Waals surface area (Å²) in [5, 5.41) is 13.5. The summed E-state index contributed by atoms with van der Waals surface area (Å²) in [6, 6.07) is 8.53. The number of benzene rings is 1. The molecule has 130 valence electrons. The van der Waals surface area contributed by atoms with Crippen molar-refractivity contribution in [3.05, 3.63) is 51.3 Å². The van der Waals surface area contributed by atoms with Crippen LogP contribution >= 0.6 is 28.3 Å². The van der Waals surface area contributed by atoms with Gasteiger partial charge >= 0.3 is 0 Å². The van der Waals surface area contributed by atoms with Gasteiger partial charge in [0.1, 0.15) is 0 Å². The maximum atomic E-state index is 12.4. The van der Waals surface area contributed by atoms with E-state index < -0.39 is 0 Å². The standard InChI is InChI=1S/C17H21BrN4O.ClH/c1-10(2)15-14(18)16(22-21-15)17(23)20-9-13-12-6-4-3-5-11(12)7-8-19-13;/h3-6,10,13,19H,7-9H2,1-2H3,(H,20,23)(H,21,22);1H. The van der Waals surface area contributed by atoms with Gasteiger partial charge in [0.25, 0.3) is 5.91 Å². The molecule has 1 atom stereocenters. The van der Waals surface area contributed by atoms with E-state index in [-0.39, 0.29) is 30.3 Å². The number of rotatable bonds is 4. The van der Waals surface area contributed by atoms with Crippen LogP contribution in [0.4, 0.5) is 0 Å². The summed E-state index contributed by atoms with van der Waals surface area (Å²) in [5.41, 5.74) is 3.98. The van der Waals surface area contributed by atoms with Gasteiger partial charge in [-0.25, -0.2) is 0 Å². The maximum Gasteiger partial charge on any atom is 0.273 e. The van der Waals surface area contributed by atoms with Crippen molar-refractivity contribution in [1.82, 2.24) is 20.8 Å². The number of nitrogens with one attached hydrogen (secondary N) is 3. The molecule has 24 heavy (non-hydrogen) atoms. The maximum absolute atomic E-state index is 12.4. The van der Waals surface area contributed by atoms with E-state index in [0.29, 0.717) is 12.2 Å². The van der Waals surface area contributed by atoms with Crippen LogP contribution in [-0.2, 0) is 6.42 Å². The van der Waals surface area contributed by atoms with E-state index in [2.05, 4.69) is 68.8 Å². The molecule has 0 saturated carbocycles. The number of nitrogens with zero attached hydrogens (tertiary/aromatic N) is 1. The topological polar surface area (TPSA) is 69.8 Å². The van der Waals surface area contributed by atoms with Crippen LogP contribution < -0.4 is 10.6 Å². The number of carbonyl (C=O) groups excluding carboxylic acids is 1. The second-order valence-corrected chi connectivity index (χ2v) is 6.91. The van der Waals surface area contributed by atoms with E-state index in [4.69, 9.17) is 0 Å². The second-order valence-electron chi connectivity index (χ2n) is 6.12. The van der Waals surface area contributed by atoms with E-state index in [1.807, 2.05) is 6.07 Å². The Kier molecular flexibility index (Phi) is 6.43. The van der Waals surface area contributed by atoms with Crippen molar-refractivity contribution in [2.45, 2.75) is 32.2 Å². The summed E-state index contributed by atoms with van der Waals surface area (Å²) in [6.07, 6.45) is 1.03. The lowest BCUT2D eigenvalue weighted by Gasteiger charge is -2.27. The molecule has 2 aromatic rings. The highest BCUT2D eigenvalue weighted by molar-refractivity contribution is 9.10. The van der Waals surface area contributed by atoms with Crippen LogP contribution in [0.15, 0.2) is 28.7 Å². The van der Waals surface area contributed by atoms with E-state index >= 15 is 0 Å². The van der Waals surface area contributed by atoms with Crippen LogP contribution in [0.1, 0.15) is 53.1 Å². The lowest BCUT2D eigenvalue weighted by molar-refractivity contribution is 0.0943. The molecule has 0 fully saturated rings. The molecular weight excluding hydrogens is 392 g/mol. The SMILES string of the molecule is CC(C)c1[nH]nc(C(=O)NCC2NCCc3ccccc32)c1Br.Cl. The first kappa shape index (κ1) is 19.0. The van der Waals surface area contributed by atoms with Gasteiger partial charge in [-0.2, -0.15) is 5.10 Å². The first-order chi connectivity index (χ1) is 11.1. The Morgan fingerprint density at radius 2 is 2.17 bits per heavy atom. The lowest BCUT2D eigenvalue weighted by atomic mass is 9.94. The van der Waals surface area contributed by atoms with Crippen molar-refractivity contribution >= 4 is 34.2 Å². The van der Waals surface area contributed by atoms with Crippen LogP contribution in [0, 0.1) is 0 Å². The number of hydrogen-bond donors (Lipinski definition) is 3. The van der Waals surface area contributed by atoms with Crippen molar-refractivity contribution < 1.29 is 4.79 Å². The quantitative estimate of drug-likeness (QED) is 0.720. The summed E-state index contributed by atoms with van der Waals surface area (Å²) in [5.74, 6) is 0.121. The van der Waals surface area contributed by atoms with Gasteiger partial charge in [0, 0.05) is 12.6 Å². The van der Waals surface area contributed by atoms with E-state index in [1.54, 1.807) is 0 Å². The van der Waals surface area contributed by atoms with Crippen LogP contribution in [-0.4, -0.2) is 29.2 Å². The molecule has 1 aliphatic heterocycles. The molecule has 0 spiro atoms. The Morgan fingerprint density at radius 3 is 2.88 bits per heavy atom. The Bertz CT molecular complexity index is 716. The van der Waals surface area contributed by atoms with E-state index in [9.17, 15) is 4.79 Å². The van der Waals surface area contributed by atoms with Gasteiger partial charge in [-0.1, -0.05) is 38.1 Å². The molecule has 1 unspecified atom stereocenters. The van der Waals surface area contributed by atoms with Gasteiger partial charge in [0.15, 0.2) is 5.69 Å². The third kappa shape index (κ3) is 3.82. The van der Waals surface area contributed by atoms with Crippen molar-refractivity contribution in [2.24, 2.45) is 0 Å². The zero-order chi connectivity index (χ0) is 16.4. The third-order valence-electron chi connectivity index (χ3n) is 4.21. The molecule has 7 heteroatoms. The highest BCUT2D eigenvalue weighted by Crippen LogP contribution is 2.26. The molecule has 5 nitrogen and oxygen atoms in total. The fraction of sp³-hybridized carbons (Fsp3) is 0.412. The zero-order valence-corrected chi connectivity index (χ0v) is 16.1. The molecule has 1 aliphatic rings. The monoisotopic (exact) mass is 412 g/mol. The minimum atomic E-state index is -0.162. The van der Waals surface area contributed by atoms with Gasteiger partial charge in [-0.15, -0.1) is 12.4 Å². The fourth-order valence-corrected chi connectivity index (χ4v) is 3.74. The van der Waals surface area contributed by atoms with Gasteiger partial charge in [-0.05, 0) is 45.9 Å². The fourth-order valence-electron chi connectivity index (χ4n) is 2.93. The molecule has 0 bridgehead atoms. The molecular formula is C17H22BrClN4O. The molecule has 3 rings (SSSR count). The minimum absolute atomic E-state index is 0. The average molecular weight is 414 g/mol. The molecule has 0 saturated heterocycles. The highest BCUT2D eigenvalue weighted by Gasteiger charge is 2.22. The predicted octanol–water partition coefficient (Wildman–Crippen LogP) is 3.33. The van der Waals surface area contributed by atoms with Crippen LogP contribution in [0.3, 0.4) is 0 Å². The van der Waals surface area contributed by atoms with Crippen LogP contribution in [0.5, 0.6) is 0 Å². The highest BCUT2D eigenvalue weighted by atomic mass is 79.9. The molecule has 0 aliphatic carbocycles. The normalized spacial score (nSPS) is 16.4. The van der Waals surface area contributed by atoms with Gasteiger partial charge in [0.05, 0.1) is 10.2 Å². The van der Waals surface area contributed by atoms with Crippen molar-refractivity contribution in [2.75, 3.05) is 13.1 Å². The minimum Gasteiger partial charge on any atom is -0.349 e. The first-order valence-corrected chi connectivity index (χ1v) is 8.70. The number of aromatic amines is 1. The summed E-state index contributed by atoms with van der Waals surface area (Å²) in [7, 11) is 0. The zero-order valence-electron chi connectivity index (χ0n) is 13.7. The van der Waals surface area contributed by atoms with Crippen molar-refractivity contribution in [3.63, 3.8) is 0 Å². The third-order valence-corrected chi connectivity index (χ3v) is 5.01. The summed E-state index contributed by atoms with van der Waals surface area (Å²) in [4.78, 5) is 12.4. The van der Waals surface area contributed by atoms with Crippen LogP contribution in [0.2, 0.25) is 0 Å². The first-order valence-electron chi connectivity index (χ1n) is 7.91. The van der Waals surface area contributed by atoms with Crippen molar-refractivity contribution in [3.8, 4) is 0 Å². The Hall–Kier alpha value is -1.37. The number of carbonyl (C=O) groups is 1. The van der Waals surface area contributed by atoms with E-state index in [0.717, 1.165) is 23.1 Å². The van der Waals surface area contributed by atoms with E-state index in [1.165, 1.54) is 11.1 Å². The van der Waals surface area contributed by atoms with Gasteiger partial charge in [-0.3, -0.25) is 9.89 Å². The van der Waals surface area contributed by atoms with Gasteiger partial charge < -0.3 is 10.6 Å². The Morgan fingerprint density at radius 1 is 1.42 bits per heavy atom. The largest absolute Gasteiger partial charge is 0.349 e. The Labute approximate surface area is 156 Å². The average Bonchev–Trinajstić information content (AvgIpc) is 2.94. The summed E-state index contributed by atoms with van der Waals surface area (Å²) >= 11 is 3.47. The van der Waals surface area contributed by atoms with Gasteiger partial charge in [0.2, 0.25) is 0 Å². The molecule has 2 heterocycles. The lowest BCUT2D eigenvalue weighted by Crippen LogP contribution is -2.39. The number of amides is 1. The molecule has 1 aromatic carbocycles.